The molecule has 1 aliphatic rings. The zero-order valence-electron chi connectivity index (χ0n) is 22.2. The first-order valence-corrected chi connectivity index (χ1v) is 13.5. The van der Waals surface area contributed by atoms with Crippen LogP contribution in [0, 0.1) is 0 Å². The number of carbonyl (C=O) groups excluding carboxylic acids is 2. The van der Waals surface area contributed by atoms with Crippen LogP contribution in [0.15, 0.2) is 128 Å². The number of hydrogen-bond acceptors (Lipinski definition) is 6. The summed E-state index contributed by atoms with van der Waals surface area (Å²) in [6.07, 6.45) is 0.276. The maximum absolute atomic E-state index is 13.0. The fraction of sp³-hybridized carbons (Fsp3) is 0.147. The first-order valence-electron chi connectivity index (χ1n) is 13.5. The summed E-state index contributed by atoms with van der Waals surface area (Å²) in [4.78, 5) is 30.5. The molecule has 0 saturated carbocycles. The molecule has 1 saturated heterocycles. The van der Waals surface area contributed by atoms with Gasteiger partial charge in [-0.1, -0.05) is 97.1 Å². The Morgan fingerprint density at radius 2 is 1.27 bits per heavy atom. The molecule has 0 aliphatic carbocycles. The summed E-state index contributed by atoms with van der Waals surface area (Å²) in [5.74, 6) is -0.928. The molecule has 1 fully saturated rings. The van der Waals surface area contributed by atoms with Crippen molar-refractivity contribution in [3.05, 3.63) is 139 Å². The Morgan fingerprint density at radius 1 is 0.732 bits per heavy atom. The smallest absolute Gasteiger partial charge is 0.338 e. The molecule has 6 rings (SSSR count). The molecular weight excluding hydrogens is 516 g/mol. The highest BCUT2D eigenvalue weighted by atomic mass is 16.6. The van der Waals surface area contributed by atoms with Crippen LogP contribution < -0.4 is 0 Å². The SMILES string of the molecule is O=C(OC[C@H]1O[C@@H](n2cnc(-c3ccccc3)c2-c2ccccc2)C[C@@H]1OC(=O)c1ccccc1)c1ccccc1. The molecule has 0 N–H and O–H groups in total. The molecule has 3 atom stereocenters. The number of benzene rings is 4. The molecule has 5 aromatic rings. The summed E-state index contributed by atoms with van der Waals surface area (Å²) in [5.41, 5.74) is 4.53. The van der Waals surface area contributed by atoms with Gasteiger partial charge >= 0.3 is 11.9 Å². The molecule has 0 unspecified atom stereocenters. The van der Waals surface area contributed by atoms with E-state index in [0.29, 0.717) is 17.5 Å². The van der Waals surface area contributed by atoms with E-state index in [1.54, 1.807) is 54.9 Å². The fourth-order valence-corrected chi connectivity index (χ4v) is 5.01. The van der Waals surface area contributed by atoms with E-state index < -0.39 is 30.4 Å². The van der Waals surface area contributed by atoms with E-state index in [1.165, 1.54) is 0 Å². The van der Waals surface area contributed by atoms with Crippen molar-refractivity contribution in [3.8, 4) is 22.5 Å². The molecule has 0 radical (unpaired) electrons. The molecule has 7 nitrogen and oxygen atoms in total. The van der Waals surface area contributed by atoms with Gasteiger partial charge in [-0.2, -0.15) is 0 Å². The molecule has 7 heteroatoms. The second-order valence-corrected chi connectivity index (χ2v) is 9.72. The number of rotatable bonds is 8. The average molecular weight is 545 g/mol. The lowest BCUT2D eigenvalue weighted by molar-refractivity contribution is -0.0567. The van der Waals surface area contributed by atoms with Crippen molar-refractivity contribution in [3.63, 3.8) is 0 Å². The van der Waals surface area contributed by atoms with Crippen molar-refractivity contribution < 1.29 is 23.8 Å². The Balaban J connectivity index is 1.30. The third kappa shape index (κ3) is 5.81. The van der Waals surface area contributed by atoms with Crippen molar-refractivity contribution in [2.75, 3.05) is 6.61 Å². The van der Waals surface area contributed by atoms with Gasteiger partial charge in [0.1, 0.15) is 25.0 Å². The number of esters is 2. The molecule has 1 aliphatic heterocycles. The first kappa shape index (κ1) is 26.2. The number of carbonyl (C=O) groups is 2. The fourth-order valence-electron chi connectivity index (χ4n) is 5.01. The van der Waals surface area contributed by atoms with Crippen LogP contribution >= 0.6 is 0 Å². The van der Waals surface area contributed by atoms with Gasteiger partial charge in [0.05, 0.1) is 28.8 Å². The minimum Gasteiger partial charge on any atom is -0.459 e. The molecule has 4 aromatic carbocycles. The van der Waals surface area contributed by atoms with Gasteiger partial charge in [0.25, 0.3) is 0 Å². The lowest BCUT2D eigenvalue weighted by Crippen LogP contribution is -2.32. The van der Waals surface area contributed by atoms with Crippen LogP contribution in [-0.4, -0.2) is 40.3 Å². The Bertz CT molecular complexity index is 1600. The second kappa shape index (κ2) is 12.0. The maximum Gasteiger partial charge on any atom is 0.338 e. The van der Waals surface area contributed by atoms with Crippen molar-refractivity contribution in [2.45, 2.75) is 24.9 Å². The Hall–Kier alpha value is -5.01. The van der Waals surface area contributed by atoms with Crippen LogP contribution in [0.25, 0.3) is 22.5 Å². The van der Waals surface area contributed by atoms with Gasteiger partial charge in [-0.15, -0.1) is 0 Å². The van der Waals surface area contributed by atoms with Crippen LogP contribution in [0.4, 0.5) is 0 Å². The van der Waals surface area contributed by atoms with Crippen molar-refractivity contribution >= 4 is 11.9 Å². The number of aromatic nitrogens is 2. The third-order valence-corrected chi connectivity index (χ3v) is 7.04. The highest BCUT2D eigenvalue weighted by Crippen LogP contribution is 2.39. The Morgan fingerprint density at radius 3 is 1.88 bits per heavy atom. The van der Waals surface area contributed by atoms with Gasteiger partial charge in [0.15, 0.2) is 0 Å². The van der Waals surface area contributed by atoms with Crippen molar-refractivity contribution in [1.29, 1.82) is 0 Å². The van der Waals surface area contributed by atoms with Gasteiger partial charge in [-0.05, 0) is 24.3 Å². The molecule has 0 spiro atoms. The maximum atomic E-state index is 13.0. The number of nitrogens with zero attached hydrogens (tertiary/aromatic N) is 2. The summed E-state index contributed by atoms with van der Waals surface area (Å²) in [5, 5.41) is 0. The van der Waals surface area contributed by atoms with E-state index in [9.17, 15) is 9.59 Å². The molecule has 0 bridgehead atoms. The van der Waals surface area contributed by atoms with Crippen molar-refractivity contribution in [1.82, 2.24) is 9.55 Å². The van der Waals surface area contributed by atoms with Crippen LogP contribution in [0.3, 0.4) is 0 Å². The number of hydrogen-bond donors (Lipinski definition) is 0. The van der Waals surface area contributed by atoms with Crippen LogP contribution in [0.2, 0.25) is 0 Å². The zero-order valence-corrected chi connectivity index (χ0v) is 22.2. The van der Waals surface area contributed by atoms with Crippen LogP contribution in [-0.2, 0) is 14.2 Å². The molecular formula is C34H28N2O5. The monoisotopic (exact) mass is 544 g/mol. The van der Waals surface area contributed by atoms with E-state index in [-0.39, 0.29) is 6.61 Å². The molecule has 204 valence electrons. The van der Waals surface area contributed by atoms with E-state index in [4.69, 9.17) is 19.2 Å². The Labute approximate surface area is 238 Å². The van der Waals surface area contributed by atoms with E-state index in [2.05, 4.69) is 0 Å². The van der Waals surface area contributed by atoms with Gasteiger partial charge in [0.2, 0.25) is 0 Å². The summed E-state index contributed by atoms with van der Waals surface area (Å²) in [6, 6.07) is 37.5. The van der Waals surface area contributed by atoms with Crippen molar-refractivity contribution in [2.24, 2.45) is 0 Å². The summed E-state index contributed by atoms with van der Waals surface area (Å²) in [7, 11) is 0. The molecule has 0 amide bonds. The summed E-state index contributed by atoms with van der Waals surface area (Å²) >= 11 is 0. The number of ether oxygens (including phenoxy) is 3. The lowest BCUT2D eigenvalue weighted by atomic mass is 10.0. The van der Waals surface area contributed by atoms with Crippen LogP contribution in [0.5, 0.6) is 0 Å². The van der Waals surface area contributed by atoms with Gasteiger partial charge < -0.3 is 18.8 Å². The second-order valence-electron chi connectivity index (χ2n) is 9.72. The van der Waals surface area contributed by atoms with E-state index >= 15 is 0 Å². The lowest BCUT2D eigenvalue weighted by Gasteiger charge is -2.19. The number of imidazole rings is 1. The molecule has 41 heavy (non-hydrogen) atoms. The van der Waals surface area contributed by atoms with E-state index in [1.807, 2.05) is 77.4 Å². The topological polar surface area (TPSA) is 79.7 Å². The summed E-state index contributed by atoms with van der Waals surface area (Å²) in [6.45, 7) is -0.0716. The van der Waals surface area contributed by atoms with Crippen LogP contribution in [0.1, 0.15) is 33.4 Å². The standard InChI is InChI=1S/C34H28N2O5/c37-33(26-17-9-3-10-18-26)39-22-29-28(41-34(38)27-19-11-4-12-20-27)21-30(40-29)36-23-35-31(24-13-5-1-6-14-24)32(36)25-15-7-2-8-16-25/h1-20,23,28-30H,21-22H2/t28-,29+,30+/m0/s1. The summed E-state index contributed by atoms with van der Waals surface area (Å²) < 4.78 is 20.0. The highest BCUT2D eigenvalue weighted by molar-refractivity contribution is 5.90. The molecule has 2 heterocycles. The average Bonchev–Trinajstić information content (AvgIpc) is 3.66. The molecule has 1 aromatic heterocycles. The highest BCUT2D eigenvalue weighted by Gasteiger charge is 2.41. The largest absolute Gasteiger partial charge is 0.459 e. The van der Waals surface area contributed by atoms with Gasteiger partial charge in [-0.25, -0.2) is 14.6 Å². The zero-order chi connectivity index (χ0) is 28.0. The Kier molecular flexibility index (Phi) is 7.69. The van der Waals surface area contributed by atoms with Gasteiger partial charge in [-0.3, -0.25) is 0 Å². The first-order chi connectivity index (χ1) is 20.2. The predicted octanol–water partition coefficient (Wildman–Crippen LogP) is 6.59. The quantitative estimate of drug-likeness (QED) is 0.205. The minimum atomic E-state index is -0.675. The van der Waals surface area contributed by atoms with E-state index in [0.717, 1.165) is 22.5 Å². The predicted molar refractivity (Wildman–Crippen MR) is 154 cm³/mol. The minimum absolute atomic E-state index is 0.0716. The normalized spacial score (nSPS) is 18.1. The third-order valence-electron chi connectivity index (χ3n) is 7.04. The van der Waals surface area contributed by atoms with Gasteiger partial charge in [0, 0.05) is 17.5 Å².